The molecule has 3 N–H and O–H groups in total. The SMILES string of the molecule is COCCOc1cc(-c2c3ccc(=[N+](C)C)cc-3oc3cc(N(C)C)ccc23)ccc1C.Cc1ccc(CC(=O)NCCc2ccc(N)cc2)cc1C. The summed E-state index contributed by atoms with van der Waals surface area (Å²) in [5.41, 5.74) is 17.5. The molecular formula is C45H53N4O4+. The van der Waals surface area contributed by atoms with E-state index in [1.807, 2.05) is 58.5 Å². The number of nitrogens with two attached hydrogens (primary N) is 1. The Morgan fingerprint density at radius 3 is 2.25 bits per heavy atom. The summed E-state index contributed by atoms with van der Waals surface area (Å²) in [6.45, 7) is 7.93. The molecule has 4 aromatic rings. The summed E-state index contributed by atoms with van der Waals surface area (Å²) in [7, 11) is 9.84. The number of carbonyl (C=O) groups excluding carboxylic acids is 1. The average Bonchev–Trinajstić information content (AvgIpc) is 3.13. The number of anilines is 2. The van der Waals surface area contributed by atoms with Gasteiger partial charge in [-0.05, 0) is 97.0 Å². The third-order valence-corrected chi connectivity index (χ3v) is 9.40. The van der Waals surface area contributed by atoms with Crippen molar-refractivity contribution in [2.24, 2.45) is 0 Å². The molecule has 0 saturated carbocycles. The van der Waals surface area contributed by atoms with Gasteiger partial charge in [-0.3, -0.25) is 4.79 Å². The van der Waals surface area contributed by atoms with Gasteiger partial charge in [-0.1, -0.05) is 42.5 Å². The lowest BCUT2D eigenvalue weighted by Gasteiger charge is -2.18. The first kappa shape index (κ1) is 38.6. The Morgan fingerprint density at radius 2 is 1.55 bits per heavy atom. The Morgan fingerprint density at radius 1 is 0.811 bits per heavy atom. The van der Waals surface area contributed by atoms with E-state index in [1.54, 1.807) is 7.11 Å². The highest BCUT2D eigenvalue weighted by Crippen LogP contribution is 2.42. The largest absolute Gasteiger partial charge is 0.491 e. The average molecular weight is 714 g/mol. The van der Waals surface area contributed by atoms with Crippen LogP contribution in [0.4, 0.5) is 11.4 Å². The molecule has 1 amide bonds. The normalized spacial score (nSPS) is 10.9. The van der Waals surface area contributed by atoms with Crippen molar-refractivity contribution >= 4 is 28.3 Å². The Balaban J connectivity index is 0.000000224. The Kier molecular flexibility index (Phi) is 12.9. The van der Waals surface area contributed by atoms with Crippen LogP contribution in [0.2, 0.25) is 0 Å². The number of nitrogens with one attached hydrogen (secondary N) is 1. The van der Waals surface area contributed by atoms with Gasteiger partial charge in [0, 0.05) is 67.8 Å². The molecule has 53 heavy (non-hydrogen) atoms. The smallest absolute Gasteiger partial charge is 0.224 e. The van der Waals surface area contributed by atoms with Crippen LogP contribution < -0.4 is 30.6 Å². The van der Waals surface area contributed by atoms with Gasteiger partial charge in [-0.25, -0.2) is 4.58 Å². The molecule has 8 nitrogen and oxygen atoms in total. The number of nitrogen functional groups attached to an aromatic ring is 1. The number of ether oxygens (including phenoxy) is 2. The number of rotatable bonds is 11. The predicted molar refractivity (Wildman–Crippen MR) is 219 cm³/mol. The van der Waals surface area contributed by atoms with Gasteiger partial charge in [0.15, 0.2) is 0 Å². The van der Waals surface area contributed by atoms with E-state index in [1.165, 1.54) is 16.7 Å². The number of hydrogen-bond donors (Lipinski definition) is 2. The van der Waals surface area contributed by atoms with E-state index >= 15 is 0 Å². The lowest BCUT2D eigenvalue weighted by molar-refractivity contribution is -0.120. The van der Waals surface area contributed by atoms with Crippen LogP contribution in [-0.2, 0) is 22.4 Å². The zero-order chi connectivity index (χ0) is 38.1. The number of aryl methyl sites for hydroxylation is 3. The highest BCUT2D eigenvalue weighted by molar-refractivity contribution is 6.02. The van der Waals surface area contributed by atoms with Crippen LogP contribution >= 0.6 is 0 Å². The maximum absolute atomic E-state index is 11.9. The van der Waals surface area contributed by atoms with Crippen LogP contribution in [0.1, 0.15) is 27.8 Å². The Bertz CT molecular complexity index is 2220. The number of methoxy groups -OCH3 is 1. The summed E-state index contributed by atoms with van der Waals surface area (Å²) in [6.07, 6.45) is 1.25. The lowest BCUT2D eigenvalue weighted by Crippen LogP contribution is -2.27. The molecule has 0 bridgehead atoms. The molecule has 8 heteroatoms. The summed E-state index contributed by atoms with van der Waals surface area (Å²) in [5, 5.41) is 5.13. The third kappa shape index (κ3) is 10.1. The summed E-state index contributed by atoms with van der Waals surface area (Å²) in [5.74, 6) is 1.79. The quantitative estimate of drug-likeness (QED) is 0.0629. The van der Waals surface area contributed by atoms with Gasteiger partial charge in [0.2, 0.25) is 11.3 Å². The van der Waals surface area contributed by atoms with Crippen molar-refractivity contribution in [1.29, 1.82) is 0 Å². The molecular weight excluding hydrogens is 661 g/mol. The maximum atomic E-state index is 11.9. The molecule has 1 heterocycles. The second-order valence-corrected chi connectivity index (χ2v) is 13.9. The van der Waals surface area contributed by atoms with Crippen LogP contribution in [0.3, 0.4) is 0 Å². The van der Waals surface area contributed by atoms with Crippen LogP contribution in [0.25, 0.3) is 33.4 Å². The fourth-order valence-corrected chi connectivity index (χ4v) is 6.07. The molecule has 0 fully saturated rings. The topological polar surface area (TPSA) is 93.0 Å². The molecule has 4 aromatic carbocycles. The number of hydrogen-bond acceptors (Lipinski definition) is 6. The zero-order valence-electron chi connectivity index (χ0n) is 32.4. The number of fused-ring (bicyclic) bond motifs is 2. The van der Waals surface area contributed by atoms with Crippen molar-refractivity contribution in [3.8, 4) is 28.2 Å². The van der Waals surface area contributed by atoms with Crippen LogP contribution in [0, 0.1) is 20.8 Å². The van der Waals surface area contributed by atoms with Crippen molar-refractivity contribution in [2.75, 3.05) is 65.7 Å². The van der Waals surface area contributed by atoms with Gasteiger partial charge in [0.1, 0.15) is 37.8 Å². The van der Waals surface area contributed by atoms with Crippen molar-refractivity contribution in [2.45, 2.75) is 33.6 Å². The van der Waals surface area contributed by atoms with E-state index in [9.17, 15) is 4.79 Å². The third-order valence-electron chi connectivity index (χ3n) is 9.40. The molecule has 0 spiro atoms. The Hall–Kier alpha value is -5.60. The number of benzene rings is 5. The summed E-state index contributed by atoms with van der Waals surface area (Å²) >= 11 is 0. The van der Waals surface area contributed by atoms with Gasteiger partial charge in [-0.15, -0.1) is 0 Å². The lowest BCUT2D eigenvalue weighted by atomic mass is 9.93. The zero-order valence-corrected chi connectivity index (χ0v) is 32.4. The summed E-state index contributed by atoms with van der Waals surface area (Å²) < 4.78 is 19.7. The molecule has 2 aliphatic rings. The van der Waals surface area contributed by atoms with E-state index in [0.717, 1.165) is 73.4 Å². The first-order chi connectivity index (χ1) is 25.4. The van der Waals surface area contributed by atoms with Crippen molar-refractivity contribution < 1.29 is 18.7 Å². The highest BCUT2D eigenvalue weighted by Gasteiger charge is 2.19. The van der Waals surface area contributed by atoms with E-state index in [0.29, 0.717) is 26.2 Å². The van der Waals surface area contributed by atoms with Crippen LogP contribution in [-0.4, -0.2) is 61.0 Å². The molecule has 0 unspecified atom stereocenters. The van der Waals surface area contributed by atoms with Gasteiger partial charge in [0.05, 0.1) is 19.1 Å². The minimum Gasteiger partial charge on any atom is -0.491 e. The molecule has 0 aromatic heterocycles. The molecule has 276 valence electrons. The first-order valence-electron chi connectivity index (χ1n) is 18.0. The first-order valence-corrected chi connectivity index (χ1v) is 18.0. The number of nitrogens with zero attached hydrogens (tertiary/aromatic N) is 2. The molecule has 0 radical (unpaired) electrons. The fourth-order valence-electron chi connectivity index (χ4n) is 6.07. The standard InChI is InChI=1S/C27H31N2O3.C18H22N2O/c1-18-7-8-19(15-24(18)31-14-13-30-6)27-22-11-9-20(28(2)3)16-25(22)32-26-17-21(29(4)5)10-12-23(26)27;1-13-3-4-16(11-14(13)2)12-18(21)20-10-9-15-5-7-17(19)8-6-15/h7-12,15-17H,13-14H2,1-6H3;3-8,11H,9-10,12,19H2,1-2H3,(H,20,21)/q+1;. The van der Waals surface area contributed by atoms with Gasteiger partial charge in [-0.2, -0.15) is 0 Å². The fraction of sp³-hybridized carbons (Fsp3) is 0.289. The van der Waals surface area contributed by atoms with Crippen molar-refractivity contribution in [3.05, 3.63) is 130 Å². The molecule has 0 atom stereocenters. The molecule has 1 aliphatic carbocycles. The van der Waals surface area contributed by atoms with Gasteiger partial charge >= 0.3 is 0 Å². The summed E-state index contributed by atoms with van der Waals surface area (Å²) in [4.78, 5) is 14.0. The molecule has 0 saturated heterocycles. The Labute approximate surface area is 313 Å². The molecule has 6 rings (SSSR count). The highest BCUT2D eigenvalue weighted by atomic mass is 16.5. The second kappa shape index (κ2) is 17.8. The van der Waals surface area contributed by atoms with Crippen molar-refractivity contribution in [3.63, 3.8) is 0 Å². The van der Waals surface area contributed by atoms with Crippen LogP contribution in [0.5, 0.6) is 5.75 Å². The molecule has 1 aliphatic heterocycles. The van der Waals surface area contributed by atoms with E-state index < -0.39 is 0 Å². The van der Waals surface area contributed by atoms with Crippen LogP contribution in [0.15, 0.2) is 101 Å². The minimum atomic E-state index is 0.0636. The summed E-state index contributed by atoms with van der Waals surface area (Å²) in [6, 6.07) is 33.1. The minimum absolute atomic E-state index is 0.0636. The maximum Gasteiger partial charge on any atom is 0.224 e. The van der Waals surface area contributed by atoms with Gasteiger partial charge < -0.3 is 29.8 Å². The van der Waals surface area contributed by atoms with E-state index in [2.05, 4.69) is 102 Å². The van der Waals surface area contributed by atoms with E-state index in [4.69, 9.17) is 19.6 Å². The number of amides is 1. The van der Waals surface area contributed by atoms with Gasteiger partial charge in [0.25, 0.3) is 0 Å². The van der Waals surface area contributed by atoms with E-state index in [-0.39, 0.29) is 5.91 Å². The predicted octanol–water partition coefficient (Wildman–Crippen LogP) is 7.42. The van der Waals surface area contributed by atoms with Crippen molar-refractivity contribution in [1.82, 2.24) is 9.89 Å². The number of carbonyl (C=O) groups is 1. The monoisotopic (exact) mass is 713 g/mol. The second-order valence-electron chi connectivity index (χ2n) is 13.9.